The molecule has 1 atom stereocenters. The predicted molar refractivity (Wildman–Crippen MR) is 57.2 cm³/mol. The van der Waals surface area contributed by atoms with E-state index < -0.39 is 20.9 Å². The number of Topliss-reactive ketones (excluding diaryl/α,β-unsaturated/α-hetero) is 1. The molecule has 1 N–H and O–H groups in total. The van der Waals surface area contributed by atoms with Gasteiger partial charge in [0, 0.05) is 10.7 Å². The highest BCUT2D eigenvalue weighted by atomic mass is 35.7. The van der Waals surface area contributed by atoms with Crippen molar-refractivity contribution in [2.45, 2.75) is 31.8 Å². The summed E-state index contributed by atoms with van der Waals surface area (Å²) in [4.78, 5) is 11.2. The lowest BCUT2D eigenvalue weighted by Gasteiger charge is -2.03. The lowest BCUT2D eigenvalue weighted by Crippen LogP contribution is -2.18. The van der Waals surface area contributed by atoms with Crippen LogP contribution in [0.1, 0.15) is 28.8 Å². The summed E-state index contributed by atoms with van der Waals surface area (Å²) >= 11 is 0. The molecular weight excluding hydrogens is 256 g/mol. The van der Waals surface area contributed by atoms with Crippen molar-refractivity contribution in [1.29, 1.82) is 0 Å². The summed E-state index contributed by atoms with van der Waals surface area (Å²) in [6.45, 7) is 4.07. The Balaban J connectivity index is 3.57. The van der Waals surface area contributed by atoms with Gasteiger partial charge in [0.05, 0.1) is 5.56 Å². The van der Waals surface area contributed by atoms with E-state index in [0.717, 1.165) is 0 Å². The number of rotatable bonds is 3. The highest BCUT2D eigenvalue weighted by Gasteiger charge is 2.30. The summed E-state index contributed by atoms with van der Waals surface area (Å²) < 4.78 is 27.6. The van der Waals surface area contributed by atoms with Crippen molar-refractivity contribution in [2.75, 3.05) is 0 Å². The van der Waals surface area contributed by atoms with Crippen LogP contribution >= 0.6 is 10.7 Å². The number of carbonyl (C=O) groups excluding carboxylic acids is 1. The predicted octanol–water partition coefficient (Wildman–Crippen LogP) is 1.39. The smallest absolute Gasteiger partial charge is 0.265 e. The molecule has 0 radical (unpaired) electrons. The van der Waals surface area contributed by atoms with Crippen LogP contribution < -0.4 is 0 Å². The lowest BCUT2D eigenvalue weighted by molar-refractivity contribution is 0.0775. The number of aliphatic hydroxyl groups excluding tert-OH is 1. The van der Waals surface area contributed by atoms with Crippen LogP contribution in [0.3, 0.4) is 0 Å². The van der Waals surface area contributed by atoms with Gasteiger partial charge in [0.15, 0.2) is 5.78 Å². The Morgan fingerprint density at radius 3 is 2.25 bits per heavy atom. The van der Waals surface area contributed by atoms with E-state index in [4.69, 9.17) is 20.2 Å². The molecule has 0 aliphatic carbocycles. The Morgan fingerprint density at radius 2 is 1.88 bits per heavy atom. The Kier molecular flexibility index (Phi) is 3.47. The third-order valence-corrected chi connectivity index (χ3v) is 3.52. The SMILES string of the molecule is Cc1oc(C)c(S(=O)(=O)Cl)c1C(=O)C(C)O. The number of aliphatic hydroxyl groups is 1. The maximum Gasteiger partial charge on any atom is 0.265 e. The van der Waals surface area contributed by atoms with E-state index in [1.807, 2.05) is 0 Å². The Morgan fingerprint density at radius 1 is 1.38 bits per heavy atom. The first-order chi connectivity index (χ1) is 7.16. The fourth-order valence-electron chi connectivity index (χ4n) is 1.45. The van der Waals surface area contributed by atoms with Crippen LogP contribution in [0.15, 0.2) is 9.31 Å². The van der Waals surface area contributed by atoms with Gasteiger partial charge in [-0.2, -0.15) is 0 Å². The zero-order chi connectivity index (χ0) is 12.7. The molecule has 0 aromatic carbocycles. The molecule has 7 heteroatoms. The van der Waals surface area contributed by atoms with Gasteiger partial charge in [0.1, 0.15) is 22.5 Å². The van der Waals surface area contributed by atoms with Gasteiger partial charge >= 0.3 is 0 Å². The number of hydrogen-bond acceptors (Lipinski definition) is 5. The van der Waals surface area contributed by atoms with Crippen LogP contribution in [0, 0.1) is 13.8 Å². The molecular formula is C9H11ClO5S. The van der Waals surface area contributed by atoms with Crippen LogP contribution in [0.2, 0.25) is 0 Å². The Hall–Kier alpha value is -0.850. The molecule has 0 aliphatic rings. The number of hydrogen-bond donors (Lipinski definition) is 1. The summed E-state index contributed by atoms with van der Waals surface area (Å²) in [7, 11) is 1.13. The average molecular weight is 267 g/mol. The molecule has 0 amide bonds. The highest BCUT2D eigenvalue weighted by molar-refractivity contribution is 8.13. The minimum absolute atomic E-state index is 0.0384. The number of aryl methyl sites for hydroxylation is 2. The fourth-order valence-corrected chi connectivity index (χ4v) is 2.88. The zero-order valence-electron chi connectivity index (χ0n) is 8.94. The molecule has 0 spiro atoms. The number of furan rings is 1. The van der Waals surface area contributed by atoms with E-state index in [1.54, 1.807) is 0 Å². The Labute approximate surface area is 97.4 Å². The van der Waals surface area contributed by atoms with Crippen LogP contribution in [0.4, 0.5) is 0 Å². The van der Waals surface area contributed by atoms with Crippen LogP contribution in [0.5, 0.6) is 0 Å². The zero-order valence-corrected chi connectivity index (χ0v) is 10.5. The first-order valence-corrected chi connectivity index (χ1v) is 6.74. The number of ketones is 1. The van der Waals surface area contributed by atoms with Crippen molar-refractivity contribution < 1.29 is 22.7 Å². The molecule has 0 saturated heterocycles. The second-order valence-electron chi connectivity index (χ2n) is 3.40. The normalized spacial score (nSPS) is 13.8. The molecule has 1 rings (SSSR count). The summed E-state index contributed by atoms with van der Waals surface area (Å²) in [6, 6.07) is 0. The molecule has 0 bridgehead atoms. The minimum atomic E-state index is -4.08. The third kappa shape index (κ3) is 2.28. The summed E-state index contributed by atoms with van der Waals surface area (Å²) in [5.41, 5.74) is -0.178. The van der Waals surface area contributed by atoms with Gasteiger partial charge in [0.2, 0.25) is 0 Å². The lowest BCUT2D eigenvalue weighted by atomic mass is 10.1. The van der Waals surface area contributed by atoms with E-state index in [9.17, 15) is 13.2 Å². The monoisotopic (exact) mass is 266 g/mol. The van der Waals surface area contributed by atoms with Crippen molar-refractivity contribution in [1.82, 2.24) is 0 Å². The molecule has 5 nitrogen and oxygen atoms in total. The van der Waals surface area contributed by atoms with Crippen molar-refractivity contribution >= 4 is 25.5 Å². The van der Waals surface area contributed by atoms with Crippen LogP contribution in [-0.4, -0.2) is 25.4 Å². The van der Waals surface area contributed by atoms with Gasteiger partial charge < -0.3 is 9.52 Å². The summed E-state index contributed by atoms with van der Waals surface area (Å²) in [5, 5.41) is 9.17. The van der Waals surface area contributed by atoms with Gasteiger partial charge in [0.25, 0.3) is 9.05 Å². The molecule has 0 fully saturated rings. The van der Waals surface area contributed by atoms with E-state index in [0.29, 0.717) is 0 Å². The van der Waals surface area contributed by atoms with E-state index >= 15 is 0 Å². The van der Waals surface area contributed by atoms with Gasteiger partial charge in [-0.1, -0.05) is 0 Å². The molecule has 90 valence electrons. The van der Waals surface area contributed by atoms with Crippen LogP contribution in [-0.2, 0) is 9.05 Å². The van der Waals surface area contributed by atoms with Gasteiger partial charge in [-0.3, -0.25) is 4.79 Å². The maximum atomic E-state index is 11.6. The third-order valence-electron chi connectivity index (χ3n) is 2.07. The van der Waals surface area contributed by atoms with Crippen molar-refractivity contribution in [3.63, 3.8) is 0 Å². The van der Waals surface area contributed by atoms with Gasteiger partial charge in [-0.25, -0.2) is 8.42 Å². The van der Waals surface area contributed by atoms with Crippen LogP contribution in [0.25, 0.3) is 0 Å². The van der Waals surface area contributed by atoms with E-state index in [-0.39, 0.29) is 22.0 Å². The van der Waals surface area contributed by atoms with Crippen molar-refractivity contribution in [3.05, 3.63) is 17.1 Å². The molecule has 0 aliphatic heterocycles. The summed E-state index contributed by atoms with van der Waals surface area (Å²) in [6.07, 6.45) is -1.31. The average Bonchev–Trinajstić information content (AvgIpc) is 2.38. The van der Waals surface area contributed by atoms with Gasteiger partial charge in [-0.05, 0) is 20.8 Å². The number of halogens is 1. The molecule has 1 heterocycles. The highest BCUT2D eigenvalue weighted by Crippen LogP contribution is 2.30. The first-order valence-electron chi connectivity index (χ1n) is 4.43. The quantitative estimate of drug-likeness (QED) is 0.660. The van der Waals surface area contributed by atoms with E-state index in [2.05, 4.69) is 0 Å². The maximum absolute atomic E-state index is 11.6. The van der Waals surface area contributed by atoms with Crippen molar-refractivity contribution in [3.8, 4) is 0 Å². The largest absolute Gasteiger partial charge is 0.464 e. The Bertz CT molecular complexity index is 526. The molecule has 1 unspecified atom stereocenters. The molecule has 16 heavy (non-hydrogen) atoms. The van der Waals surface area contributed by atoms with Crippen molar-refractivity contribution in [2.24, 2.45) is 0 Å². The first kappa shape index (κ1) is 13.2. The topological polar surface area (TPSA) is 84.6 Å². The van der Waals surface area contributed by atoms with E-state index in [1.165, 1.54) is 20.8 Å². The number of carbonyl (C=O) groups is 1. The summed E-state index contributed by atoms with van der Waals surface area (Å²) in [5.74, 6) is -0.562. The molecule has 1 aromatic rings. The minimum Gasteiger partial charge on any atom is -0.464 e. The molecule has 1 aromatic heterocycles. The fraction of sp³-hybridized carbons (Fsp3) is 0.444. The van der Waals surface area contributed by atoms with Gasteiger partial charge in [-0.15, -0.1) is 0 Å². The second kappa shape index (κ2) is 4.20. The molecule has 0 saturated carbocycles. The standard InChI is InChI=1S/C9H11ClO5S/c1-4(11)8(12)7-5(2)15-6(3)9(7)16(10,13)14/h4,11H,1-3H3. The second-order valence-corrected chi connectivity index (χ2v) is 5.90.